The first-order valence-corrected chi connectivity index (χ1v) is 12.6. The van der Waals surface area contributed by atoms with Crippen molar-refractivity contribution >= 4 is 21.8 Å². The van der Waals surface area contributed by atoms with Crippen molar-refractivity contribution < 1.29 is 37.0 Å². The average molecular weight is 490 g/mol. The van der Waals surface area contributed by atoms with Crippen LogP contribution in [0.4, 0.5) is 0 Å². The van der Waals surface area contributed by atoms with Crippen molar-refractivity contribution in [3.05, 3.63) is 48.0 Å². The van der Waals surface area contributed by atoms with Crippen LogP contribution in [0.2, 0.25) is 0 Å². The number of Topliss-reactive ketones (excluding diaryl/α,β-unsaturated/α-hetero) is 1. The molecular weight excluding hydrogens is 462 g/mol. The van der Waals surface area contributed by atoms with Crippen molar-refractivity contribution in [2.75, 3.05) is 39.5 Å². The Balaban J connectivity index is 1.29. The largest absolute Gasteiger partial charge is 0.494 e. The van der Waals surface area contributed by atoms with Crippen LogP contribution in [0.25, 0.3) is 0 Å². The molecule has 0 aromatic heterocycles. The summed E-state index contributed by atoms with van der Waals surface area (Å²) in [6, 6.07) is 11.2. The van der Waals surface area contributed by atoms with Gasteiger partial charge in [0.2, 0.25) is 10.0 Å². The van der Waals surface area contributed by atoms with Gasteiger partial charge in [-0.3, -0.25) is 9.59 Å². The van der Waals surface area contributed by atoms with E-state index in [9.17, 15) is 18.0 Å². The van der Waals surface area contributed by atoms with E-state index in [0.717, 1.165) is 0 Å². The Kier molecular flexibility index (Phi) is 7.38. The van der Waals surface area contributed by atoms with Crippen molar-refractivity contribution in [2.45, 2.75) is 24.7 Å². The number of fused-ring (bicyclic) bond motifs is 1. The standard InChI is InChI=1S/C24H27NO8S/c1-2-30-19-5-3-17(4-6-19)21(26)16-33-24(27)18-9-11-25(12-10-18)34(28,29)20-7-8-22-23(15-20)32-14-13-31-22/h3-8,15,18H,2,9-14,16H2,1H3. The van der Waals surface area contributed by atoms with Gasteiger partial charge in [0.1, 0.15) is 19.0 Å². The van der Waals surface area contributed by atoms with E-state index >= 15 is 0 Å². The number of benzene rings is 2. The monoisotopic (exact) mass is 489 g/mol. The van der Waals surface area contributed by atoms with E-state index in [0.29, 0.717) is 55.5 Å². The summed E-state index contributed by atoms with van der Waals surface area (Å²) in [5.74, 6) is 0.328. The number of nitrogens with zero attached hydrogens (tertiary/aromatic N) is 1. The van der Waals surface area contributed by atoms with Gasteiger partial charge in [-0.1, -0.05) is 0 Å². The third kappa shape index (κ3) is 5.34. The highest BCUT2D eigenvalue weighted by Crippen LogP contribution is 2.34. The Morgan fingerprint density at radius 3 is 2.35 bits per heavy atom. The van der Waals surface area contributed by atoms with E-state index in [-0.39, 0.29) is 30.4 Å². The molecule has 182 valence electrons. The van der Waals surface area contributed by atoms with Gasteiger partial charge in [-0.15, -0.1) is 0 Å². The molecule has 0 atom stereocenters. The second kappa shape index (κ2) is 10.4. The molecule has 1 fully saturated rings. The molecule has 2 aliphatic heterocycles. The summed E-state index contributed by atoms with van der Waals surface area (Å²) in [7, 11) is -3.73. The van der Waals surface area contributed by atoms with E-state index in [4.69, 9.17) is 18.9 Å². The minimum atomic E-state index is -3.73. The summed E-state index contributed by atoms with van der Waals surface area (Å²) < 4.78 is 49.0. The number of piperidine rings is 1. The highest BCUT2D eigenvalue weighted by atomic mass is 32.2. The smallest absolute Gasteiger partial charge is 0.309 e. The highest BCUT2D eigenvalue weighted by molar-refractivity contribution is 7.89. The summed E-state index contributed by atoms with van der Waals surface area (Å²) in [4.78, 5) is 24.9. The summed E-state index contributed by atoms with van der Waals surface area (Å²) in [5, 5.41) is 0. The normalized spacial score (nSPS) is 16.6. The SMILES string of the molecule is CCOc1ccc(C(=O)COC(=O)C2CCN(S(=O)(=O)c3ccc4c(c3)OCCO4)CC2)cc1. The van der Waals surface area contributed by atoms with Crippen LogP contribution in [0.3, 0.4) is 0 Å². The van der Waals surface area contributed by atoms with Crippen molar-refractivity contribution in [2.24, 2.45) is 5.92 Å². The lowest BCUT2D eigenvalue weighted by molar-refractivity contribution is -0.148. The van der Waals surface area contributed by atoms with Crippen LogP contribution in [-0.4, -0.2) is 64.0 Å². The first-order chi connectivity index (χ1) is 16.4. The van der Waals surface area contributed by atoms with Gasteiger partial charge in [-0.05, 0) is 56.2 Å². The number of carbonyl (C=O) groups excluding carboxylic acids is 2. The zero-order valence-corrected chi connectivity index (χ0v) is 19.7. The van der Waals surface area contributed by atoms with Gasteiger partial charge in [-0.25, -0.2) is 8.42 Å². The molecule has 10 heteroatoms. The van der Waals surface area contributed by atoms with Gasteiger partial charge in [0.05, 0.1) is 17.4 Å². The van der Waals surface area contributed by atoms with Gasteiger partial charge in [0, 0.05) is 24.7 Å². The lowest BCUT2D eigenvalue weighted by Gasteiger charge is -2.30. The van der Waals surface area contributed by atoms with Crippen molar-refractivity contribution in [1.29, 1.82) is 0 Å². The van der Waals surface area contributed by atoms with Gasteiger partial charge < -0.3 is 18.9 Å². The summed E-state index contributed by atoms with van der Waals surface area (Å²) in [5.41, 5.74) is 0.427. The molecule has 4 rings (SSSR count). The number of carbonyl (C=O) groups is 2. The van der Waals surface area contributed by atoms with Crippen LogP contribution >= 0.6 is 0 Å². The number of hydrogen-bond acceptors (Lipinski definition) is 8. The van der Waals surface area contributed by atoms with Crippen LogP contribution in [0.1, 0.15) is 30.1 Å². The van der Waals surface area contributed by atoms with Gasteiger partial charge in [0.15, 0.2) is 23.9 Å². The van der Waals surface area contributed by atoms with Crippen LogP contribution in [0.5, 0.6) is 17.2 Å². The number of rotatable bonds is 8. The topological polar surface area (TPSA) is 108 Å². The van der Waals surface area contributed by atoms with E-state index in [1.165, 1.54) is 16.4 Å². The van der Waals surface area contributed by atoms with Crippen molar-refractivity contribution in [1.82, 2.24) is 4.31 Å². The van der Waals surface area contributed by atoms with E-state index in [1.54, 1.807) is 30.3 Å². The minimum Gasteiger partial charge on any atom is -0.494 e. The molecule has 0 spiro atoms. The molecule has 9 nitrogen and oxygen atoms in total. The van der Waals surface area contributed by atoms with Gasteiger partial charge in [0.25, 0.3) is 0 Å². The Morgan fingerprint density at radius 2 is 1.68 bits per heavy atom. The van der Waals surface area contributed by atoms with Crippen LogP contribution in [0.15, 0.2) is 47.4 Å². The third-order valence-electron chi connectivity index (χ3n) is 5.77. The van der Waals surface area contributed by atoms with Crippen LogP contribution in [0, 0.1) is 5.92 Å². The Hall–Kier alpha value is -3.11. The summed E-state index contributed by atoms with van der Waals surface area (Å²) >= 11 is 0. The van der Waals surface area contributed by atoms with Crippen molar-refractivity contribution in [3.8, 4) is 17.2 Å². The summed E-state index contributed by atoms with van der Waals surface area (Å²) in [6.07, 6.45) is 0.639. The fourth-order valence-electron chi connectivity index (χ4n) is 3.91. The fraction of sp³-hybridized carbons (Fsp3) is 0.417. The Bertz CT molecular complexity index is 1140. The molecule has 0 unspecified atom stereocenters. The van der Waals surface area contributed by atoms with E-state index in [2.05, 4.69) is 0 Å². The number of ether oxygens (including phenoxy) is 4. The van der Waals surface area contributed by atoms with Gasteiger partial charge in [-0.2, -0.15) is 4.31 Å². The lowest BCUT2D eigenvalue weighted by Crippen LogP contribution is -2.40. The quantitative estimate of drug-likeness (QED) is 0.411. The number of sulfonamides is 1. The van der Waals surface area contributed by atoms with Gasteiger partial charge >= 0.3 is 5.97 Å². The van der Waals surface area contributed by atoms with E-state index in [1.807, 2.05) is 6.92 Å². The molecule has 0 N–H and O–H groups in total. The van der Waals surface area contributed by atoms with Crippen LogP contribution in [-0.2, 0) is 19.6 Å². The summed E-state index contributed by atoms with van der Waals surface area (Å²) in [6.45, 7) is 3.20. The molecule has 0 aliphatic carbocycles. The van der Waals surface area contributed by atoms with E-state index < -0.39 is 21.9 Å². The lowest BCUT2D eigenvalue weighted by atomic mass is 9.98. The average Bonchev–Trinajstić information content (AvgIpc) is 2.87. The minimum absolute atomic E-state index is 0.124. The first-order valence-electron chi connectivity index (χ1n) is 11.2. The molecule has 0 radical (unpaired) electrons. The molecule has 0 bridgehead atoms. The third-order valence-corrected chi connectivity index (χ3v) is 7.67. The maximum Gasteiger partial charge on any atom is 0.309 e. The first kappa shape index (κ1) is 24.0. The molecule has 1 saturated heterocycles. The number of esters is 1. The molecular formula is C24H27NO8S. The molecule has 2 heterocycles. The highest BCUT2D eigenvalue weighted by Gasteiger charge is 2.33. The zero-order valence-electron chi connectivity index (χ0n) is 18.9. The maximum absolute atomic E-state index is 13.0. The zero-order chi connectivity index (χ0) is 24.1. The fourth-order valence-corrected chi connectivity index (χ4v) is 5.39. The Labute approximate surface area is 198 Å². The van der Waals surface area contributed by atoms with Crippen LogP contribution < -0.4 is 14.2 Å². The second-order valence-electron chi connectivity index (χ2n) is 7.97. The molecule has 34 heavy (non-hydrogen) atoms. The Morgan fingerprint density at radius 1 is 1.00 bits per heavy atom. The molecule has 0 amide bonds. The number of ketones is 1. The molecule has 2 aromatic rings. The predicted octanol–water partition coefficient (Wildman–Crippen LogP) is 2.68. The molecule has 2 aromatic carbocycles. The maximum atomic E-state index is 13.0. The number of hydrogen-bond donors (Lipinski definition) is 0. The van der Waals surface area contributed by atoms with Crippen molar-refractivity contribution in [3.63, 3.8) is 0 Å². The molecule has 2 aliphatic rings. The predicted molar refractivity (Wildman–Crippen MR) is 122 cm³/mol. The molecule has 0 saturated carbocycles. The second-order valence-corrected chi connectivity index (χ2v) is 9.91.